The quantitative estimate of drug-likeness (QED) is 0.428. The number of halogens is 3. The summed E-state index contributed by atoms with van der Waals surface area (Å²) in [6.07, 6.45) is -3.08. The van der Waals surface area contributed by atoms with Gasteiger partial charge in [0.1, 0.15) is 11.2 Å². The molecule has 1 aliphatic carbocycles. The Kier molecular flexibility index (Phi) is 5.16. The van der Waals surface area contributed by atoms with E-state index in [1.807, 2.05) is 0 Å². The highest BCUT2D eigenvalue weighted by Crippen LogP contribution is 2.40. The molecule has 1 aliphatic rings. The van der Waals surface area contributed by atoms with E-state index < -0.39 is 23.4 Å². The summed E-state index contributed by atoms with van der Waals surface area (Å²) in [5.74, 6) is -0.357. The average molecular weight is 471 g/mol. The number of rotatable bonds is 6. The third-order valence-corrected chi connectivity index (χ3v) is 5.68. The smallest absolute Gasteiger partial charge is 0.385 e. The molecule has 0 radical (unpaired) electrons. The molecule has 176 valence electrons. The lowest BCUT2D eigenvalue weighted by Gasteiger charge is -2.23. The van der Waals surface area contributed by atoms with E-state index in [2.05, 4.69) is 20.4 Å². The number of hydrogen-bond donors (Lipinski definition) is 2. The van der Waals surface area contributed by atoms with Crippen molar-refractivity contribution in [2.75, 3.05) is 5.32 Å². The summed E-state index contributed by atoms with van der Waals surface area (Å²) in [7, 11) is 0. The minimum atomic E-state index is -4.67. The predicted molar refractivity (Wildman–Crippen MR) is 115 cm³/mol. The monoisotopic (exact) mass is 471 g/mol. The Balaban J connectivity index is 1.52. The van der Waals surface area contributed by atoms with E-state index in [0.717, 1.165) is 18.9 Å². The van der Waals surface area contributed by atoms with Gasteiger partial charge in [-0.15, -0.1) is 0 Å². The number of anilines is 1. The third-order valence-electron chi connectivity index (χ3n) is 5.68. The van der Waals surface area contributed by atoms with Crippen LogP contribution in [0, 0.1) is 0 Å². The zero-order valence-corrected chi connectivity index (χ0v) is 18.0. The van der Waals surface area contributed by atoms with Gasteiger partial charge in [0.15, 0.2) is 5.65 Å². The highest BCUT2D eigenvalue weighted by molar-refractivity contribution is 5.92. The number of aliphatic hydroxyl groups is 1. The Bertz CT molecular complexity index is 1360. The van der Waals surface area contributed by atoms with Crippen molar-refractivity contribution >= 4 is 23.0 Å². The molecule has 2 N–H and O–H groups in total. The van der Waals surface area contributed by atoms with Gasteiger partial charge in [-0.1, -0.05) is 35.5 Å². The van der Waals surface area contributed by atoms with Crippen LogP contribution in [-0.4, -0.2) is 30.7 Å². The van der Waals surface area contributed by atoms with Crippen LogP contribution in [0.4, 0.5) is 19.1 Å². The second-order valence-electron chi connectivity index (χ2n) is 8.54. The van der Waals surface area contributed by atoms with Crippen LogP contribution in [0.1, 0.15) is 49.1 Å². The van der Waals surface area contributed by atoms with Gasteiger partial charge in [0, 0.05) is 12.0 Å². The van der Waals surface area contributed by atoms with Crippen LogP contribution in [-0.2, 0) is 16.6 Å². The molecular weight excluding hydrogens is 451 g/mol. The predicted octanol–water partition coefficient (Wildman–Crippen LogP) is 4.54. The van der Waals surface area contributed by atoms with Crippen LogP contribution >= 0.6 is 0 Å². The van der Waals surface area contributed by atoms with Gasteiger partial charge in [0.05, 0.1) is 17.7 Å². The first-order valence-corrected chi connectivity index (χ1v) is 10.6. The molecule has 5 rings (SSSR count). The van der Waals surface area contributed by atoms with Crippen LogP contribution in [0.25, 0.3) is 17.0 Å². The molecule has 34 heavy (non-hydrogen) atoms. The number of imidazole rings is 1. The summed E-state index contributed by atoms with van der Waals surface area (Å²) in [5, 5.41) is 17.4. The third kappa shape index (κ3) is 4.26. The topological polar surface area (TPSA) is 106 Å². The van der Waals surface area contributed by atoms with Crippen LogP contribution in [0.3, 0.4) is 0 Å². The number of pyridine rings is 1. The van der Waals surface area contributed by atoms with Crippen LogP contribution in [0.5, 0.6) is 0 Å². The molecule has 4 aromatic rings. The van der Waals surface area contributed by atoms with Crippen molar-refractivity contribution in [2.45, 2.75) is 43.9 Å². The van der Waals surface area contributed by atoms with Gasteiger partial charge < -0.3 is 9.63 Å². The molecule has 0 spiro atoms. The van der Waals surface area contributed by atoms with E-state index >= 15 is 0 Å². The number of fused-ring (bicyclic) bond motifs is 1. The highest BCUT2D eigenvalue weighted by Gasteiger charge is 2.34. The van der Waals surface area contributed by atoms with Gasteiger partial charge in [-0.25, -0.2) is 14.5 Å². The molecule has 0 bridgehead atoms. The standard InChI is InChI=1S/C23H20F3N5O3/c1-22(33,14-5-3-2-4-6-14)12-18(32)29-21-27-15-9-10-17(23(24,25)26)28-20(15)31(21)19-11-16(30-34-19)13-7-8-13/h2-6,9-11,13,33H,7-8,12H2,1H3,(H,27,29,32). The van der Waals surface area contributed by atoms with Crippen molar-refractivity contribution in [3.05, 3.63) is 65.5 Å². The Hall–Kier alpha value is -3.73. The summed E-state index contributed by atoms with van der Waals surface area (Å²) in [6.45, 7) is 1.50. The van der Waals surface area contributed by atoms with Crippen LogP contribution < -0.4 is 5.32 Å². The van der Waals surface area contributed by atoms with Crippen molar-refractivity contribution in [3.8, 4) is 5.88 Å². The maximum Gasteiger partial charge on any atom is 0.433 e. The van der Waals surface area contributed by atoms with Gasteiger partial charge in [-0.2, -0.15) is 13.2 Å². The van der Waals surface area contributed by atoms with Crippen molar-refractivity contribution in [3.63, 3.8) is 0 Å². The molecule has 1 unspecified atom stereocenters. The summed E-state index contributed by atoms with van der Waals surface area (Å²) < 4.78 is 46.5. The second-order valence-corrected chi connectivity index (χ2v) is 8.54. The van der Waals surface area contributed by atoms with Crippen molar-refractivity contribution in [1.82, 2.24) is 19.7 Å². The van der Waals surface area contributed by atoms with Crippen molar-refractivity contribution < 1.29 is 27.6 Å². The average Bonchev–Trinajstić information content (AvgIpc) is 3.41. The lowest BCUT2D eigenvalue weighted by atomic mass is 9.92. The van der Waals surface area contributed by atoms with Crippen molar-refractivity contribution in [2.24, 2.45) is 0 Å². The number of alkyl halides is 3. The minimum absolute atomic E-state index is 0.0846. The largest absolute Gasteiger partial charge is 0.433 e. The van der Waals surface area contributed by atoms with Crippen molar-refractivity contribution in [1.29, 1.82) is 0 Å². The normalized spacial score (nSPS) is 15.9. The van der Waals surface area contributed by atoms with E-state index in [-0.39, 0.29) is 35.3 Å². The maximum atomic E-state index is 13.3. The van der Waals surface area contributed by atoms with E-state index in [9.17, 15) is 23.1 Å². The molecule has 1 saturated carbocycles. The first kappa shape index (κ1) is 22.1. The first-order valence-electron chi connectivity index (χ1n) is 10.6. The van der Waals surface area contributed by atoms with E-state index in [1.165, 1.54) is 17.6 Å². The summed E-state index contributed by atoms with van der Waals surface area (Å²) >= 11 is 0. The summed E-state index contributed by atoms with van der Waals surface area (Å²) in [4.78, 5) is 20.8. The Morgan fingerprint density at radius 2 is 1.91 bits per heavy atom. The fraction of sp³-hybridized carbons (Fsp3) is 0.304. The maximum absolute atomic E-state index is 13.3. The highest BCUT2D eigenvalue weighted by atomic mass is 19.4. The zero-order valence-electron chi connectivity index (χ0n) is 18.0. The summed E-state index contributed by atoms with van der Waals surface area (Å²) in [6, 6.07) is 12.3. The summed E-state index contributed by atoms with van der Waals surface area (Å²) in [5.41, 5.74) is -1.38. The Labute approximate surface area is 191 Å². The molecule has 1 aromatic carbocycles. The number of nitrogens with one attached hydrogen (secondary N) is 1. The Morgan fingerprint density at radius 1 is 1.18 bits per heavy atom. The number of nitrogens with zero attached hydrogens (tertiary/aromatic N) is 4. The van der Waals surface area contributed by atoms with Gasteiger partial charge in [0.2, 0.25) is 17.7 Å². The molecule has 0 saturated heterocycles. The number of carbonyl (C=O) groups is 1. The number of hydrogen-bond acceptors (Lipinski definition) is 6. The molecule has 1 amide bonds. The molecule has 1 atom stereocenters. The van der Waals surface area contributed by atoms with Crippen LogP contribution in [0.15, 0.2) is 53.1 Å². The number of amides is 1. The van der Waals surface area contributed by atoms with E-state index in [4.69, 9.17) is 4.52 Å². The molecule has 0 aliphatic heterocycles. The lowest BCUT2D eigenvalue weighted by molar-refractivity contribution is -0.141. The van der Waals surface area contributed by atoms with Gasteiger partial charge >= 0.3 is 6.18 Å². The lowest BCUT2D eigenvalue weighted by Crippen LogP contribution is -2.29. The molecule has 11 heteroatoms. The number of benzene rings is 1. The number of carbonyl (C=O) groups excluding carboxylic acids is 1. The molecule has 8 nitrogen and oxygen atoms in total. The van der Waals surface area contributed by atoms with Gasteiger partial charge in [0.25, 0.3) is 0 Å². The molecule has 1 fully saturated rings. The zero-order chi connectivity index (χ0) is 24.1. The van der Waals surface area contributed by atoms with E-state index in [1.54, 1.807) is 36.4 Å². The fourth-order valence-electron chi connectivity index (χ4n) is 3.74. The molecule has 3 aromatic heterocycles. The van der Waals surface area contributed by atoms with Gasteiger partial charge in [-0.3, -0.25) is 10.1 Å². The SMILES string of the molecule is CC(O)(CC(=O)Nc1nc2ccc(C(F)(F)F)nc2n1-c1cc(C2CC2)no1)c1ccccc1. The van der Waals surface area contributed by atoms with Crippen LogP contribution in [0.2, 0.25) is 0 Å². The van der Waals surface area contributed by atoms with E-state index in [0.29, 0.717) is 11.3 Å². The van der Waals surface area contributed by atoms with Gasteiger partial charge in [-0.05, 0) is 37.5 Å². The molecule has 3 heterocycles. The second kappa shape index (κ2) is 7.94. The molecular formula is C23H20F3N5O3. The fourth-order valence-corrected chi connectivity index (χ4v) is 3.74. The minimum Gasteiger partial charge on any atom is -0.385 e. The number of aromatic nitrogens is 4. The first-order chi connectivity index (χ1) is 16.1. The Morgan fingerprint density at radius 3 is 2.59 bits per heavy atom.